The highest BCUT2D eigenvalue weighted by molar-refractivity contribution is 7.80. The monoisotopic (exact) mass is 333 g/mol. The number of hydrogen-bond acceptors (Lipinski definition) is 6. The molecule has 2 aromatic heterocycles. The number of nitrogens with zero attached hydrogens (tertiary/aromatic N) is 3. The molecule has 2 aromatic carbocycles. The number of aromatic nitrogens is 3. The summed E-state index contributed by atoms with van der Waals surface area (Å²) in [5, 5.41) is 2.20. The van der Waals surface area contributed by atoms with Gasteiger partial charge < -0.3 is 11.5 Å². The quantitative estimate of drug-likeness (QED) is 0.489. The maximum absolute atomic E-state index is 5.92. The largest absolute Gasteiger partial charge is 0.382 e. The van der Waals surface area contributed by atoms with Crippen LogP contribution in [0, 0.1) is 0 Å². The van der Waals surface area contributed by atoms with Crippen molar-refractivity contribution in [3.8, 4) is 0 Å². The van der Waals surface area contributed by atoms with Crippen molar-refractivity contribution in [2.45, 2.75) is 5.25 Å². The number of hydrogen-bond donors (Lipinski definition) is 3. The standard InChI is InChI=1S/C18H15N5S/c19-17-15-13(22-18(20)23-17)7-8-14(21-15)16(24)12-6-5-10-3-1-2-4-11(10)9-12/h1-9,16,24H,(H4,19,20,22,23). The van der Waals surface area contributed by atoms with E-state index in [0.29, 0.717) is 11.0 Å². The number of benzene rings is 2. The Kier molecular flexibility index (Phi) is 3.46. The molecule has 4 aromatic rings. The third-order valence-electron chi connectivity index (χ3n) is 3.98. The number of nitrogens with two attached hydrogens (primary N) is 2. The second-order valence-corrected chi connectivity index (χ2v) is 6.10. The van der Waals surface area contributed by atoms with Crippen molar-refractivity contribution in [2.24, 2.45) is 0 Å². The van der Waals surface area contributed by atoms with E-state index in [2.05, 4.69) is 45.3 Å². The first kappa shape index (κ1) is 14.7. The van der Waals surface area contributed by atoms with E-state index < -0.39 is 0 Å². The molecule has 24 heavy (non-hydrogen) atoms. The summed E-state index contributed by atoms with van der Waals surface area (Å²) >= 11 is 4.75. The van der Waals surface area contributed by atoms with Gasteiger partial charge in [0, 0.05) is 0 Å². The number of fused-ring (bicyclic) bond motifs is 2. The first-order chi connectivity index (χ1) is 11.6. The summed E-state index contributed by atoms with van der Waals surface area (Å²) in [7, 11) is 0. The molecule has 0 aliphatic rings. The van der Waals surface area contributed by atoms with Gasteiger partial charge in [-0.1, -0.05) is 36.4 Å². The third-order valence-corrected chi connectivity index (χ3v) is 4.54. The molecule has 1 atom stereocenters. The highest BCUT2D eigenvalue weighted by atomic mass is 32.1. The Morgan fingerprint density at radius 3 is 2.46 bits per heavy atom. The second-order valence-electron chi connectivity index (χ2n) is 5.58. The zero-order chi connectivity index (χ0) is 16.7. The molecule has 0 spiro atoms. The number of nitrogen functional groups attached to an aromatic ring is 2. The lowest BCUT2D eigenvalue weighted by molar-refractivity contribution is 1.07. The predicted octanol–water partition coefficient (Wildman–Crippen LogP) is 3.36. The second kappa shape index (κ2) is 5.65. The van der Waals surface area contributed by atoms with Gasteiger partial charge in [-0.3, -0.25) is 0 Å². The fraction of sp³-hybridized carbons (Fsp3) is 0.0556. The lowest BCUT2D eigenvalue weighted by Gasteiger charge is -2.13. The van der Waals surface area contributed by atoms with Crippen LogP contribution in [0.4, 0.5) is 11.8 Å². The van der Waals surface area contributed by atoms with Crippen molar-refractivity contribution in [3.63, 3.8) is 0 Å². The number of rotatable bonds is 2. The summed E-state index contributed by atoms with van der Waals surface area (Å²) in [6, 6.07) is 18.2. The van der Waals surface area contributed by atoms with Gasteiger partial charge in [0.15, 0.2) is 5.82 Å². The molecule has 0 aliphatic carbocycles. The molecule has 2 heterocycles. The van der Waals surface area contributed by atoms with Crippen LogP contribution in [-0.4, -0.2) is 15.0 Å². The van der Waals surface area contributed by atoms with Crippen LogP contribution in [0.25, 0.3) is 21.8 Å². The first-order valence-corrected chi connectivity index (χ1v) is 8.00. The summed E-state index contributed by atoms with van der Waals surface area (Å²) in [5.41, 5.74) is 14.6. The number of thiol groups is 1. The van der Waals surface area contributed by atoms with Crippen molar-refractivity contribution in [3.05, 3.63) is 65.9 Å². The van der Waals surface area contributed by atoms with Gasteiger partial charge in [0.25, 0.3) is 0 Å². The molecule has 0 radical (unpaired) electrons. The van der Waals surface area contributed by atoms with Gasteiger partial charge in [-0.05, 0) is 34.5 Å². The maximum atomic E-state index is 5.92. The smallest absolute Gasteiger partial charge is 0.222 e. The lowest BCUT2D eigenvalue weighted by Crippen LogP contribution is -2.04. The first-order valence-electron chi connectivity index (χ1n) is 7.48. The molecular formula is C18H15N5S. The fourth-order valence-corrected chi connectivity index (χ4v) is 3.08. The van der Waals surface area contributed by atoms with E-state index >= 15 is 0 Å². The fourth-order valence-electron chi connectivity index (χ4n) is 2.77. The maximum Gasteiger partial charge on any atom is 0.222 e. The Bertz CT molecular complexity index is 1060. The molecule has 118 valence electrons. The van der Waals surface area contributed by atoms with Crippen molar-refractivity contribution < 1.29 is 0 Å². The Hall–Kier alpha value is -2.86. The Morgan fingerprint density at radius 2 is 1.62 bits per heavy atom. The topological polar surface area (TPSA) is 90.7 Å². The van der Waals surface area contributed by atoms with Crippen molar-refractivity contribution in [1.29, 1.82) is 0 Å². The third kappa shape index (κ3) is 2.51. The minimum atomic E-state index is -0.170. The van der Waals surface area contributed by atoms with Crippen LogP contribution in [0.15, 0.2) is 54.6 Å². The van der Waals surface area contributed by atoms with Crippen LogP contribution in [0.2, 0.25) is 0 Å². The van der Waals surface area contributed by atoms with Crippen molar-refractivity contribution in [2.75, 3.05) is 11.5 Å². The summed E-state index contributed by atoms with van der Waals surface area (Å²) in [6.45, 7) is 0. The summed E-state index contributed by atoms with van der Waals surface area (Å²) in [6.07, 6.45) is 0. The van der Waals surface area contributed by atoms with Gasteiger partial charge in [-0.15, -0.1) is 0 Å². The molecule has 1 unspecified atom stereocenters. The predicted molar refractivity (Wildman–Crippen MR) is 101 cm³/mol. The van der Waals surface area contributed by atoms with Gasteiger partial charge in [0.05, 0.1) is 16.5 Å². The highest BCUT2D eigenvalue weighted by Crippen LogP contribution is 2.31. The Balaban J connectivity index is 1.80. The number of anilines is 2. The lowest BCUT2D eigenvalue weighted by atomic mass is 10.0. The molecule has 0 amide bonds. The summed E-state index contributed by atoms with van der Waals surface area (Å²) in [5.74, 6) is 0.421. The molecular weight excluding hydrogens is 318 g/mol. The van der Waals surface area contributed by atoms with Crippen molar-refractivity contribution >= 4 is 46.2 Å². The van der Waals surface area contributed by atoms with Gasteiger partial charge in [0.1, 0.15) is 5.52 Å². The Morgan fingerprint density at radius 1 is 0.833 bits per heavy atom. The molecule has 4 rings (SSSR count). The van der Waals surface area contributed by atoms with Crippen LogP contribution in [-0.2, 0) is 0 Å². The van der Waals surface area contributed by atoms with E-state index in [4.69, 9.17) is 24.1 Å². The van der Waals surface area contributed by atoms with Gasteiger partial charge in [0.2, 0.25) is 5.95 Å². The molecule has 0 bridgehead atoms. The minimum Gasteiger partial charge on any atom is -0.382 e. The minimum absolute atomic E-state index is 0.145. The molecule has 0 fully saturated rings. The van der Waals surface area contributed by atoms with E-state index in [-0.39, 0.29) is 17.0 Å². The molecule has 6 heteroatoms. The average molecular weight is 333 g/mol. The van der Waals surface area contributed by atoms with Crippen LogP contribution in [0.3, 0.4) is 0 Å². The van der Waals surface area contributed by atoms with Crippen LogP contribution < -0.4 is 11.5 Å². The van der Waals surface area contributed by atoms with E-state index in [1.54, 1.807) is 0 Å². The van der Waals surface area contributed by atoms with E-state index in [1.165, 1.54) is 10.8 Å². The molecule has 0 aliphatic heterocycles. The van der Waals surface area contributed by atoms with Crippen LogP contribution >= 0.6 is 12.6 Å². The van der Waals surface area contributed by atoms with E-state index in [1.807, 2.05) is 24.3 Å². The average Bonchev–Trinajstić information content (AvgIpc) is 2.60. The zero-order valence-corrected chi connectivity index (χ0v) is 13.6. The number of pyridine rings is 1. The summed E-state index contributed by atoms with van der Waals surface area (Å²) in [4.78, 5) is 12.7. The van der Waals surface area contributed by atoms with E-state index in [9.17, 15) is 0 Å². The Labute approximate surface area is 144 Å². The van der Waals surface area contributed by atoms with Gasteiger partial charge in [-0.25, -0.2) is 9.97 Å². The molecule has 0 saturated heterocycles. The normalized spacial score (nSPS) is 12.5. The zero-order valence-electron chi connectivity index (χ0n) is 12.7. The molecule has 0 saturated carbocycles. The van der Waals surface area contributed by atoms with Gasteiger partial charge >= 0.3 is 0 Å². The van der Waals surface area contributed by atoms with Crippen LogP contribution in [0.1, 0.15) is 16.5 Å². The SMILES string of the molecule is Nc1nc(N)c2nc(C(S)c3ccc4ccccc4c3)ccc2n1. The molecule has 4 N–H and O–H groups in total. The van der Waals surface area contributed by atoms with E-state index in [0.717, 1.165) is 11.3 Å². The van der Waals surface area contributed by atoms with Gasteiger partial charge in [-0.2, -0.15) is 17.6 Å². The highest BCUT2D eigenvalue weighted by Gasteiger charge is 2.14. The summed E-state index contributed by atoms with van der Waals surface area (Å²) < 4.78 is 0. The molecule has 5 nitrogen and oxygen atoms in total. The van der Waals surface area contributed by atoms with Crippen molar-refractivity contribution in [1.82, 2.24) is 15.0 Å². The van der Waals surface area contributed by atoms with Crippen LogP contribution in [0.5, 0.6) is 0 Å².